The van der Waals surface area contributed by atoms with Gasteiger partial charge in [-0.2, -0.15) is 0 Å². The van der Waals surface area contributed by atoms with Crippen molar-refractivity contribution in [3.63, 3.8) is 0 Å². The molecule has 1 unspecified atom stereocenters. The van der Waals surface area contributed by atoms with Gasteiger partial charge >= 0.3 is 0 Å². The van der Waals surface area contributed by atoms with Crippen molar-refractivity contribution < 1.29 is 4.74 Å². The topological polar surface area (TPSA) is 21.6 Å². The Balaban J connectivity index is 2.48. The molecule has 1 aliphatic rings. The molecule has 0 amide bonds. The van der Waals surface area contributed by atoms with Crippen LogP contribution in [-0.4, -0.2) is 18.5 Å². The maximum atomic E-state index is 5.17. The summed E-state index contributed by atoms with van der Waals surface area (Å²) >= 11 is 0. The highest BCUT2D eigenvalue weighted by atomic mass is 16.5. The number of hydrogen-bond acceptors (Lipinski definition) is 2. The predicted octanol–water partition coefficient (Wildman–Crippen LogP) is 1.16. The van der Waals surface area contributed by atoms with Crippen molar-refractivity contribution in [1.29, 1.82) is 0 Å². The van der Waals surface area contributed by atoms with Crippen molar-refractivity contribution in [1.82, 2.24) is 0 Å². The Morgan fingerprint density at radius 2 is 2.44 bits per heavy atom. The van der Waals surface area contributed by atoms with Gasteiger partial charge in [-0.1, -0.05) is 13.2 Å². The van der Waals surface area contributed by atoms with Crippen LogP contribution in [0.4, 0.5) is 0 Å². The Morgan fingerprint density at radius 3 is 2.78 bits per heavy atom. The lowest BCUT2D eigenvalue weighted by Gasteiger charge is -2.01. The van der Waals surface area contributed by atoms with E-state index in [0.29, 0.717) is 12.4 Å². The maximum Gasteiger partial charge on any atom is 0.208 e. The van der Waals surface area contributed by atoms with Gasteiger partial charge in [0.1, 0.15) is 6.10 Å². The normalized spacial score (nSPS) is 24.4. The molecule has 0 saturated carbocycles. The average Bonchev–Trinajstić information content (AvgIpc) is 2.34. The average molecular weight is 123 g/mol. The minimum Gasteiger partial charge on any atom is -0.468 e. The summed E-state index contributed by atoms with van der Waals surface area (Å²) in [6.45, 7) is 7.79. The van der Waals surface area contributed by atoms with Crippen molar-refractivity contribution in [2.45, 2.75) is 6.10 Å². The predicted molar refractivity (Wildman–Crippen MR) is 37.6 cm³/mol. The SMILES string of the molecule is C=CC1=NCC(C=C)O1. The molecule has 48 valence electrons. The summed E-state index contributed by atoms with van der Waals surface area (Å²) < 4.78 is 5.17. The van der Waals surface area contributed by atoms with Gasteiger partial charge in [0.2, 0.25) is 5.90 Å². The molecule has 9 heavy (non-hydrogen) atoms. The van der Waals surface area contributed by atoms with E-state index in [1.54, 1.807) is 12.2 Å². The van der Waals surface area contributed by atoms with Crippen molar-refractivity contribution in [3.05, 3.63) is 25.3 Å². The molecule has 0 aromatic rings. The maximum absolute atomic E-state index is 5.17. The fourth-order valence-corrected chi connectivity index (χ4v) is 0.645. The van der Waals surface area contributed by atoms with Crippen molar-refractivity contribution in [3.8, 4) is 0 Å². The van der Waals surface area contributed by atoms with Gasteiger partial charge in [0.25, 0.3) is 0 Å². The lowest BCUT2D eigenvalue weighted by atomic mass is 10.4. The highest BCUT2D eigenvalue weighted by molar-refractivity contribution is 5.88. The number of rotatable bonds is 2. The van der Waals surface area contributed by atoms with Gasteiger partial charge < -0.3 is 4.74 Å². The highest BCUT2D eigenvalue weighted by Gasteiger charge is 2.12. The van der Waals surface area contributed by atoms with Crippen molar-refractivity contribution in [2.24, 2.45) is 4.99 Å². The molecule has 0 saturated heterocycles. The molecule has 0 fully saturated rings. The van der Waals surface area contributed by atoms with Crippen LogP contribution in [0.2, 0.25) is 0 Å². The summed E-state index contributed by atoms with van der Waals surface area (Å²) in [5.41, 5.74) is 0. The van der Waals surface area contributed by atoms with E-state index in [4.69, 9.17) is 4.74 Å². The minimum atomic E-state index is 0.0676. The molecule has 0 radical (unpaired) electrons. The standard InChI is InChI=1S/C7H9NO/c1-3-6-5-8-7(4-2)9-6/h3-4,6H,1-2,5H2. The smallest absolute Gasteiger partial charge is 0.208 e. The van der Waals surface area contributed by atoms with E-state index in [2.05, 4.69) is 18.2 Å². The molecule has 1 rings (SSSR count). The third-order valence-electron chi connectivity index (χ3n) is 1.14. The zero-order chi connectivity index (χ0) is 6.69. The third kappa shape index (κ3) is 1.19. The van der Waals surface area contributed by atoms with E-state index in [1.165, 1.54) is 0 Å². The second-order valence-electron chi connectivity index (χ2n) is 1.78. The first-order valence-electron chi connectivity index (χ1n) is 2.83. The van der Waals surface area contributed by atoms with Gasteiger partial charge in [-0.15, -0.1) is 0 Å². The Labute approximate surface area is 54.6 Å². The summed E-state index contributed by atoms with van der Waals surface area (Å²) in [5, 5.41) is 0. The first kappa shape index (κ1) is 6.08. The summed E-state index contributed by atoms with van der Waals surface area (Å²) in [6, 6.07) is 0. The van der Waals surface area contributed by atoms with Crippen LogP contribution in [0.5, 0.6) is 0 Å². The Bertz CT molecular complexity index is 160. The Kier molecular flexibility index (Phi) is 1.68. The van der Waals surface area contributed by atoms with Crippen LogP contribution in [0.3, 0.4) is 0 Å². The van der Waals surface area contributed by atoms with Gasteiger partial charge in [-0.25, -0.2) is 4.99 Å². The van der Waals surface area contributed by atoms with Crippen LogP contribution in [-0.2, 0) is 4.74 Å². The van der Waals surface area contributed by atoms with Crippen LogP contribution in [0.15, 0.2) is 30.3 Å². The molecular weight excluding hydrogens is 114 g/mol. The second kappa shape index (κ2) is 2.49. The summed E-state index contributed by atoms with van der Waals surface area (Å²) in [7, 11) is 0. The van der Waals surface area contributed by atoms with Gasteiger partial charge in [0, 0.05) is 0 Å². The molecule has 0 aromatic heterocycles. The summed E-state index contributed by atoms with van der Waals surface area (Å²) in [5.74, 6) is 0.625. The zero-order valence-electron chi connectivity index (χ0n) is 5.21. The molecule has 0 aliphatic carbocycles. The van der Waals surface area contributed by atoms with Crippen LogP contribution in [0, 0.1) is 0 Å². The molecule has 1 atom stereocenters. The Hall–Kier alpha value is -1.05. The van der Waals surface area contributed by atoms with E-state index in [-0.39, 0.29) is 6.10 Å². The minimum absolute atomic E-state index is 0.0676. The molecular formula is C7H9NO. The first-order chi connectivity index (χ1) is 4.36. The molecule has 1 aliphatic heterocycles. The second-order valence-corrected chi connectivity index (χ2v) is 1.78. The molecule has 1 heterocycles. The van der Waals surface area contributed by atoms with Crippen LogP contribution >= 0.6 is 0 Å². The number of aliphatic imine (C=N–C) groups is 1. The van der Waals surface area contributed by atoms with Gasteiger partial charge in [0.05, 0.1) is 6.54 Å². The van der Waals surface area contributed by atoms with Crippen LogP contribution in [0.25, 0.3) is 0 Å². The van der Waals surface area contributed by atoms with Crippen LogP contribution in [0.1, 0.15) is 0 Å². The first-order valence-corrected chi connectivity index (χ1v) is 2.83. The van der Waals surface area contributed by atoms with Crippen LogP contribution < -0.4 is 0 Å². The molecule has 0 bridgehead atoms. The third-order valence-corrected chi connectivity index (χ3v) is 1.14. The largest absolute Gasteiger partial charge is 0.468 e. The van der Waals surface area contributed by atoms with E-state index >= 15 is 0 Å². The highest BCUT2D eigenvalue weighted by Crippen LogP contribution is 2.04. The monoisotopic (exact) mass is 123 g/mol. The fraction of sp³-hybridized carbons (Fsp3) is 0.286. The summed E-state index contributed by atoms with van der Waals surface area (Å²) in [6.07, 6.45) is 3.40. The molecule has 2 nitrogen and oxygen atoms in total. The van der Waals surface area contributed by atoms with Gasteiger partial charge in [0.15, 0.2) is 0 Å². The van der Waals surface area contributed by atoms with E-state index in [9.17, 15) is 0 Å². The quantitative estimate of drug-likeness (QED) is 0.505. The Morgan fingerprint density at radius 1 is 1.67 bits per heavy atom. The summed E-state index contributed by atoms with van der Waals surface area (Å²) in [4.78, 5) is 4.01. The molecule has 2 heteroatoms. The number of nitrogens with zero attached hydrogens (tertiary/aromatic N) is 1. The molecule has 0 spiro atoms. The molecule has 0 N–H and O–H groups in total. The van der Waals surface area contributed by atoms with E-state index in [0.717, 1.165) is 0 Å². The molecule has 0 aromatic carbocycles. The number of hydrogen-bond donors (Lipinski definition) is 0. The van der Waals surface area contributed by atoms with Crippen molar-refractivity contribution >= 4 is 5.90 Å². The van der Waals surface area contributed by atoms with E-state index in [1.807, 2.05) is 0 Å². The zero-order valence-corrected chi connectivity index (χ0v) is 5.21. The fourth-order valence-electron chi connectivity index (χ4n) is 0.645. The van der Waals surface area contributed by atoms with Crippen molar-refractivity contribution in [2.75, 3.05) is 6.54 Å². The lowest BCUT2D eigenvalue weighted by molar-refractivity contribution is 0.276. The van der Waals surface area contributed by atoms with Gasteiger partial charge in [-0.05, 0) is 12.2 Å². The lowest BCUT2D eigenvalue weighted by Crippen LogP contribution is -2.07. The number of ether oxygens (including phenoxy) is 1. The van der Waals surface area contributed by atoms with Gasteiger partial charge in [-0.3, -0.25) is 0 Å². The van der Waals surface area contributed by atoms with E-state index < -0.39 is 0 Å².